The molecule has 0 amide bonds. The lowest BCUT2D eigenvalue weighted by Gasteiger charge is -2.13. The van der Waals surface area contributed by atoms with Gasteiger partial charge in [0, 0.05) is 5.22 Å². The molecule has 0 saturated heterocycles. The Morgan fingerprint density at radius 3 is 2.58 bits per heavy atom. The first kappa shape index (κ1) is 13.6. The van der Waals surface area contributed by atoms with Crippen LogP contribution in [-0.2, 0) is 14.4 Å². The van der Waals surface area contributed by atoms with Crippen molar-refractivity contribution in [3.05, 3.63) is 47.1 Å². The van der Waals surface area contributed by atoms with Crippen LogP contribution in [-0.4, -0.2) is 19.1 Å². The van der Waals surface area contributed by atoms with Gasteiger partial charge in [-0.15, -0.1) is 14.6 Å². The van der Waals surface area contributed by atoms with Gasteiger partial charge in [-0.3, -0.25) is 0 Å². The fourth-order valence-corrected chi connectivity index (χ4v) is 1.63. The number of nitrogens with zero attached hydrogens (tertiary/aromatic N) is 2. The lowest BCUT2D eigenvalue weighted by atomic mass is 10.3. The summed E-state index contributed by atoms with van der Waals surface area (Å²) in [5, 5.41) is 4.81. The molecular formula is C10H7F3N2O3S. The number of alkyl halides is 3. The van der Waals surface area contributed by atoms with Crippen LogP contribution in [0.4, 0.5) is 13.2 Å². The van der Waals surface area contributed by atoms with E-state index in [1.807, 2.05) is 0 Å². The minimum absolute atomic E-state index is 0.255. The van der Waals surface area contributed by atoms with Crippen molar-refractivity contribution in [2.24, 2.45) is 5.10 Å². The third kappa shape index (κ3) is 2.93. The number of hydroxylamine groups is 1. The summed E-state index contributed by atoms with van der Waals surface area (Å²) in [5.41, 5.74) is -5.51. The van der Waals surface area contributed by atoms with E-state index in [1.54, 1.807) is 24.3 Å². The van der Waals surface area contributed by atoms with Crippen LogP contribution in [0.25, 0.3) is 6.08 Å². The number of fused-ring (bicyclic) bond motifs is 1. The fraction of sp³-hybridized carbons (Fsp3) is 0.100. The summed E-state index contributed by atoms with van der Waals surface area (Å²) in [7, 11) is -5.75. The van der Waals surface area contributed by atoms with Crippen molar-refractivity contribution in [2.75, 3.05) is 0 Å². The lowest BCUT2D eigenvalue weighted by Crippen LogP contribution is -2.32. The average molecular weight is 292 g/mol. The Morgan fingerprint density at radius 2 is 1.89 bits per heavy atom. The molecule has 0 fully saturated rings. The van der Waals surface area contributed by atoms with Gasteiger partial charge in [-0.1, -0.05) is 24.3 Å². The third-order valence-electron chi connectivity index (χ3n) is 2.09. The second kappa shape index (κ2) is 4.67. The van der Waals surface area contributed by atoms with Crippen LogP contribution in [0.5, 0.6) is 0 Å². The minimum Gasteiger partial charge on any atom is -0.188 e. The van der Waals surface area contributed by atoms with Crippen LogP contribution >= 0.6 is 0 Å². The Kier molecular flexibility index (Phi) is 3.33. The Labute approximate surface area is 106 Å². The van der Waals surface area contributed by atoms with E-state index in [-0.39, 0.29) is 10.5 Å². The van der Waals surface area contributed by atoms with Crippen LogP contribution in [0.2, 0.25) is 0 Å². The molecule has 0 spiro atoms. The molecule has 19 heavy (non-hydrogen) atoms. The predicted octanol–water partition coefficient (Wildman–Crippen LogP) is 0.612. The van der Waals surface area contributed by atoms with Gasteiger partial charge in [0.1, 0.15) is 0 Å². The van der Waals surface area contributed by atoms with Gasteiger partial charge in [-0.2, -0.15) is 21.6 Å². The van der Waals surface area contributed by atoms with E-state index in [1.165, 1.54) is 12.1 Å². The van der Waals surface area contributed by atoms with Crippen molar-refractivity contribution < 1.29 is 25.9 Å². The number of benzene rings is 1. The highest BCUT2D eigenvalue weighted by molar-refractivity contribution is 7.87. The van der Waals surface area contributed by atoms with Crippen molar-refractivity contribution in [1.82, 2.24) is 5.17 Å². The summed E-state index contributed by atoms with van der Waals surface area (Å²) in [6, 6.07) is 6.50. The molecule has 0 unspecified atom stereocenters. The molecule has 0 bridgehead atoms. The van der Waals surface area contributed by atoms with Gasteiger partial charge in [-0.05, 0) is 12.1 Å². The molecule has 0 aliphatic carbocycles. The molecule has 0 aromatic heterocycles. The van der Waals surface area contributed by atoms with Crippen molar-refractivity contribution >= 4 is 16.2 Å². The molecule has 1 aromatic carbocycles. The second-order valence-corrected chi connectivity index (χ2v) is 4.96. The highest BCUT2D eigenvalue weighted by Gasteiger charge is 2.49. The summed E-state index contributed by atoms with van der Waals surface area (Å²) in [6.45, 7) is 0. The summed E-state index contributed by atoms with van der Waals surface area (Å²) in [6.07, 6.45) is 3.84. The van der Waals surface area contributed by atoms with Crippen molar-refractivity contribution in [1.29, 1.82) is 0 Å². The van der Waals surface area contributed by atoms with Crippen molar-refractivity contribution in [2.45, 2.75) is 5.51 Å². The topological polar surface area (TPSA) is 59.0 Å². The maximum absolute atomic E-state index is 12.2. The van der Waals surface area contributed by atoms with E-state index in [9.17, 15) is 21.6 Å². The van der Waals surface area contributed by atoms with Crippen LogP contribution in [0.3, 0.4) is 0 Å². The van der Waals surface area contributed by atoms with Crippen LogP contribution in [0, 0.1) is 0 Å². The summed E-state index contributed by atoms with van der Waals surface area (Å²) < 4.78 is 62.1. The van der Waals surface area contributed by atoms with Gasteiger partial charge in [-0.25, -0.2) is 0 Å². The van der Waals surface area contributed by atoms with E-state index in [0.29, 0.717) is 5.22 Å². The van der Waals surface area contributed by atoms with Gasteiger partial charge in [0.25, 0.3) is 0 Å². The van der Waals surface area contributed by atoms with E-state index in [4.69, 9.17) is 0 Å². The first-order valence-corrected chi connectivity index (χ1v) is 6.33. The molecule has 9 heteroatoms. The zero-order valence-corrected chi connectivity index (χ0v) is 10.0. The van der Waals surface area contributed by atoms with Crippen molar-refractivity contribution in [3.8, 4) is 0 Å². The molecule has 102 valence electrons. The summed E-state index contributed by atoms with van der Waals surface area (Å²) >= 11 is 0. The zero-order chi connectivity index (χ0) is 14.1. The first-order chi connectivity index (χ1) is 8.79. The highest BCUT2D eigenvalue weighted by Crippen LogP contribution is 2.25. The van der Waals surface area contributed by atoms with Gasteiger partial charge >= 0.3 is 15.6 Å². The van der Waals surface area contributed by atoms with Gasteiger partial charge in [0.2, 0.25) is 0 Å². The normalized spacial score (nSPS) is 15.2. The van der Waals surface area contributed by atoms with Crippen LogP contribution in [0.15, 0.2) is 41.6 Å². The molecule has 0 radical (unpaired) electrons. The average Bonchev–Trinajstić information content (AvgIpc) is 2.48. The van der Waals surface area contributed by atoms with Gasteiger partial charge in [0.05, 0.1) is 11.6 Å². The number of rotatable bonds is 2. The molecular weight excluding hydrogens is 285 g/mol. The predicted molar refractivity (Wildman–Crippen MR) is 58.7 cm³/mol. The molecule has 1 heterocycles. The summed E-state index contributed by atoms with van der Waals surface area (Å²) in [4.78, 5) is 0. The number of hydrogen-bond donors (Lipinski definition) is 0. The maximum atomic E-state index is 12.2. The van der Waals surface area contributed by atoms with Crippen LogP contribution < -0.4 is 10.6 Å². The molecule has 1 aliphatic rings. The number of allylic oxidation sites excluding steroid dienone is 1. The molecule has 0 N–H and O–H groups in total. The van der Waals surface area contributed by atoms with E-state index in [2.05, 4.69) is 9.39 Å². The van der Waals surface area contributed by atoms with Crippen LogP contribution in [0.1, 0.15) is 0 Å². The van der Waals surface area contributed by atoms with E-state index >= 15 is 0 Å². The number of halogens is 3. The van der Waals surface area contributed by atoms with Crippen molar-refractivity contribution in [3.63, 3.8) is 0 Å². The Balaban J connectivity index is 2.37. The lowest BCUT2D eigenvalue weighted by molar-refractivity contribution is -0.0834. The first-order valence-electron chi connectivity index (χ1n) is 4.92. The largest absolute Gasteiger partial charge is 0.525 e. The smallest absolute Gasteiger partial charge is 0.188 e. The minimum atomic E-state index is -5.75. The SMILES string of the molecule is O=S(=O)(ON1C=CC=c2ccccc2=N1)C(F)(F)F. The zero-order valence-electron chi connectivity index (χ0n) is 9.20. The third-order valence-corrected chi connectivity index (χ3v) is 3.01. The van der Waals surface area contributed by atoms with E-state index < -0.39 is 15.6 Å². The molecule has 2 rings (SSSR count). The monoisotopic (exact) mass is 292 g/mol. The molecule has 0 saturated carbocycles. The molecule has 0 atom stereocenters. The van der Waals surface area contributed by atoms with Gasteiger partial charge in [0.15, 0.2) is 0 Å². The Bertz CT molecular complexity index is 725. The fourth-order valence-electron chi connectivity index (χ4n) is 1.26. The maximum Gasteiger partial charge on any atom is 0.525 e. The molecule has 5 nitrogen and oxygen atoms in total. The molecule has 1 aromatic rings. The number of hydrogen-bond acceptors (Lipinski definition) is 5. The van der Waals surface area contributed by atoms with E-state index in [0.717, 1.165) is 6.20 Å². The summed E-state index contributed by atoms with van der Waals surface area (Å²) in [5.74, 6) is 0. The molecule has 1 aliphatic heterocycles. The van der Waals surface area contributed by atoms with Gasteiger partial charge < -0.3 is 0 Å². The standard InChI is InChI=1S/C10H7F3N2O3S/c11-10(12,13)19(16,17)18-15-7-3-5-8-4-1-2-6-9(8)14-15/h1-7H. The Morgan fingerprint density at radius 1 is 1.21 bits per heavy atom. The Hall–Kier alpha value is -1.87. The second-order valence-electron chi connectivity index (χ2n) is 3.44. The highest BCUT2D eigenvalue weighted by atomic mass is 32.2. The quantitative estimate of drug-likeness (QED) is 0.750.